The molecule has 1 aromatic rings. The number of nitrogens with one attached hydrogen (secondary N) is 1. The van der Waals surface area contributed by atoms with Gasteiger partial charge in [0.05, 0.1) is 6.10 Å². The second-order valence-electron chi connectivity index (χ2n) is 5.10. The molecule has 0 aliphatic heterocycles. The number of rotatable bonds is 2. The Labute approximate surface area is 95.3 Å². The molecule has 4 heteroatoms. The summed E-state index contributed by atoms with van der Waals surface area (Å²) in [5.41, 5.74) is 0.429. The standard InChI is InChI=1S/C12H18N2O2/c1-12(2)9(7-10(12)15)13-11(16)8-5-4-6-14(8)3/h4-6,9-10,15H,7H2,1-3H3,(H,13,16). The third-order valence-corrected chi connectivity index (χ3v) is 3.70. The molecular formula is C12H18N2O2. The van der Waals surface area contributed by atoms with Crippen LogP contribution in [0.2, 0.25) is 0 Å². The second-order valence-corrected chi connectivity index (χ2v) is 5.10. The lowest BCUT2D eigenvalue weighted by molar-refractivity contribution is -0.0690. The van der Waals surface area contributed by atoms with E-state index in [4.69, 9.17) is 0 Å². The maximum Gasteiger partial charge on any atom is 0.268 e. The molecule has 16 heavy (non-hydrogen) atoms. The van der Waals surface area contributed by atoms with Gasteiger partial charge in [0.25, 0.3) is 5.91 Å². The predicted octanol–water partition coefficient (Wildman–Crippen LogP) is 0.914. The van der Waals surface area contributed by atoms with Gasteiger partial charge in [-0.15, -0.1) is 0 Å². The van der Waals surface area contributed by atoms with Crippen LogP contribution in [-0.2, 0) is 7.05 Å². The van der Waals surface area contributed by atoms with E-state index in [0.717, 1.165) is 0 Å². The van der Waals surface area contributed by atoms with Gasteiger partial charge in [-0.3, -0.25) is 4.79 Å². The number of aliphatic hydroxyl groups is 1. The average molecular weight is 222 g/mol. The van der Waals surface area contributed by atoms with Gasteiger partial charge >= 0.3 is 0 Å². The van der Waals surface area contributed by atoms with Crippen molar-refractivity contribution >= 4 is 5.91 Å². The zero-order chi connectivity index (χ0) is 11.9. The second kappa shape index (κ2) is 3.63. The maximum atomic E-state index is 11.9. The van der Waals surface area contributed by atoms with E-state index in [2.05, 4.69) is 5.32 Å². The highest BCUT2D eigenvalue weighted by Gasteiger charge is 2.48. The normalized spacial score (nSPS) is 27.2. The van der Waals surface area contributed by atoms with Gasteiger partial charge < -0.3 is 15.0 Å². The van der Waals surface area contributed by atoms with Crippen molar-refractivity contribution in [3.63, 3.8) is 0 Å². The number of carbonyl (C=O) groups excluding carboxylic acids is 1. The maximum absolute atomic E-state index is 11.9. The van der Waals surface area contributed by atoms with Crippen molar-refractivity contribution in [2.75, 3.05) is 0 Å². The molecule has 0 radical (unpaired) electrons. The zero-order valence-electron chi connectivity index (χ0n) is 9.90. The molecule has 4 nitrogen and oxygen atoms in total. The van der Waals surface area contributed by atoms with Gasteiger partial charge in [-0.1, -0.05) is 13.8 Å². The number of amides is 1. The number of hydrogen-bond donors (Lipinski definition) is 2. The van der Waals surface area contributed by atoms with Crippen LogP contribution in [0.1, 0.15) is 30.8 Å². The van der Waals surface area contributed by atoms with E-state index in [9.17, 15) is 9.90 Å². The van der Waals surface area contributed by atoms with E-state index in [0.29, 0.717) is 12.1 Å². The van der Waals surface area contributed by atoms with Crippen molar-refractivity contribution in [3.05, 3.63) is 24.0 Å². The number of nitrogens with zero attached hydrogens (tertiary/aromatic N) is 1. The van der Waals surface area contributed by atoms with Gasteiger partial charge in [0.15, 0.2) is 0 Å². The van der Waals surface area contributed by atoms with Gasteiger partial charge in [0.2, 0.25) is 0 Å². The fourth-order valence-electron chi connectivity index (χ4n) is 2.08. The lowest BCUT2D eigenvalue weighted by Gasteiger charge is -2.49. The molecule has 1 fully saturated rings. The lowest BCUT2D eigenvalue weighted by atomic mass is 9.64. The van der Waals surface area contributed by atoms with Crippen LogP contribution in [0.5, 0.6) is 0 Å². The fraction of sp³-hybridized carbons (Fsp3) is 0.583. The molecule has 88 valence electrons. The summed E-state index contributed by atoms with van der Waals surface area (Å²) in [4.78, 5) is 11.9. The highest BCUT2D eigenvalue weighted by molar-refractivity contribution is 5.93. The number of hydrogen-bond acceptors (Lipinski definition) is 2. The Balaban J connectivity index is 2.02. The Morgan fingerprint density at radius 1 is 1.62 bits per heavy atom. The molecule has 1 saturated carbocycles. The summed E-state index contributed by atoms with van der Waals surface area (Å²) in [6.07, 6.45) is 2.17. The van der Waals surface area contributed by atoms with Crippen LogP contribution in [0.25, 0.3) is 0 Å². The molecule has 2 rings (SSSR count). The van der Waals surface area contributed by atoms with Crippen molar-refractivity contribution < 1.29 is 9.90 Å². The van der Waals surface area contributed by atoms with Crippen molar-refractivity contribution in [3.8, 4) is 0 Å². The van der Waals surface area contributed by atoms with E-state index in [1.165, 1.54) is 0 Å². The van der Waals surface area contributed by atoms with E-state index in [1.807, 2.05) is 33.2 Å². The molecule has 0 saturated heterocycles. The van der Waals surface area contributed by atoms with Crippen molar-refractivity contribution in [1.29, 1.82) is 0 Å². The first-order chi connectivity index (χ1) is 7.43. The van der Waals surface area contributed by atoms with Crippen LogP contribution in [0.4, 0.5) is 0 Å². The number of carbonyl (C=O) groups is 1. The van der Waals surface area contributed by atoms with Crippen molar-refractivity contribution in [1.82, 2.24) is 9.88 Å². The first-order valence-corrected chi connectivity index (χ1v) is 5.53. The van der Waals surface area contributed by atoms with Crippen LogP contribution in [-0.4, -0.2) is 27.7 Å². The van der Waals surface area contributed by atoms with E-state index in [1.54, 1.807) is 10.6 Å². The van der Waals surface area contributed by atoms with Gasteiger partial charge in [-0.25, -0.2) is 0 Å². The fourth-order valence-corrected chi connectivity index (χ4v) is 2.08. The van der Waals surface area contributed by atoms with Crippen LogP contribution in [0, 0.1) is 5.41 Å². The van der Waals surface area contributed by atoms with Crippen LogP contribution < -0.4 is 5.32 Å². The van der Waals surface area contributed by atoms with Gasteiger partial charge in [-0.05, 0) is 18.6 Å². The Bertz CT molecular complexity index is 409. The first-order valence-electron chi connectivity index (χ1n) is 5.53. The minimum absolute atomic E-state index is 0.0601. The monoisotopic (exact) mass is 222 g/mol. The topological polar surface area (TPSA) is 54.3 Å². The molecule has 2 atom stereocenters. The highest BCUT2D eigenvalue weighted by atomic mass is 16.3. The number of aryl methyl sites for hydroxylation is 1. The van der Waals surface area contributed by atoms with E-state index < -0.39 is 0 Å². The highest BCUT2D eigenvalue weighted by Crippen LogP contribution is 2.40. The lowest BCUT2D eigenvalue weighted by Crippen LogP contribution is -2.61. The summed E-state index contributed by atoms with van der Waals surface area (Å²) in [5, 5.41) is 12.5. The van der Waals surface area contributed by atoms with E-state index >= 15 is 0 Å². The number of aromatic nitrogens is 1. The van der Waals surface area contributed by atoms with Gasteiger partial charge in [-0.2, -0.15) is 0 Å². The molecule has 1 amide bonds. The van der Waals surface area contributed by atoms with Crippen LogP contribution >= 0.6 is 0 Å². The van der Waals surface area contributed by atoms with Crippen molar-refractivity contribution in [2.24, 2.45) is 12.5 Å². The Hall–Kier alpha value is -1.29. The average Bonchev–Trinajstić information content (AvgIpc) is 2.64. The minimum atomic E-state index is -0.314. The quantitative estimate of drug-likeness (QED) is 0.781. The molecule has 2 N–H and O–H groups in total. The smallest absolute Gasteiger partial charge is 0.268 e. The Morgan fingerprint density at radius 2 is 2.31 bits per heavy atom. The summed E-state index contributed by atoms with van der Waals surface area (Å²) in [5.74, 6) is -0.0718. The summed E-state index contributed by atoms with van der Waals surface area (Å²) in [6, 6.07) is 3.69. The summed E-state index contributed by atoms with van der Waals surface area (Å²) in [7, 11) is 1.84. The molecule has 0 spiro atoms. The first kappa shape index (κ1) is 11.2. The molecular weight excluding hydrogens is 204 g/mol. The summed E-state index contributed by atoms with van der Waals surface area (Å²) >= 11 is 0. The Kier molecular flexibility index (Phi) is 2.54. The molecule has 1 heterocycles. The SMILES string of the molecule is Cn1cccc1C(=O)NC1CC(O)C1(C)C. The molecule has 1 aliphatic rings. The molecule has 0 bridgehead atoms. The minimum Gasteiger partial charge on any atom is -0.392 e. The van der Waals surface area contributed by atoms with Gasteiger partial charge in [0.1, 0.15) is 5.69 Å². The molecule has 1 aliphatic carbocycles. The Morgan fingerprint density at radius 3 is 2.75 bits per heavy atom. The largest absolute Gasteiger partial charge is 0.392 e. The zero-order valence-corrected chi connectivity index (χ0v) is 9.90. The molecule has 2 unspecified atom stereocenters. The van der Waals surface area contributed by atoms with Crippen LogP contribution in [0.15, 0.2) is 18.3 Å². The number of aliphatic hydroxyl groups excluding tert-OH is 1. The van der Waals surface area contributed by atoms with Crippen LogP contribution in [0.3, 0.4) is 0 Å². The predicted molar refractivity (Wildman–Crippen MR) is 61.1 cm³/mol. The molecule has 1 aromatic heterocycles. The van der Waals surface area contributed by atoms with E-state index in [-0.39, 0.29) is 23.5 Å². The van der Waals surface area contributed by atoms with Gasteiger partial charge in [0, 0.05) is 24.7 Å². The summed E-state index contributed by atoms with van der Waals surface area (Å²) < 4.78 is 1.79. The third-order valence-electron chi connectivity index (χ3n) is 3.70. The summed E-state index contributed by atoms with van der Waals surface area (Å²) in [6.45, 7) is 3.94. The third kappa shape index (κ3) is 1.63. The molecule has 0 aromatic carbocycles. The van der Waals surface area contributed by atoms with Crippen molar-refractivity contribution in [2.45, 2.75) is 32.4 Å².